The minimum absolute atomic E-state index is 0.0102. The number of rotatable bonds is 6. The highest BCUT2D eigenvalue weighted by Crippen LogP contribution is 2.43. The molecule has 192 valence electrons. The number of sulfonamides is 1. The van der Waals surface area contributed by atoms with Crippen LogP contribution in [-0.4, -0.2) is 40.6 Å². The molecule has 0 atom stereocenters. The first-order valence-corrected chi connectivity index (χ1v) is 12.3. The van der Waals surface area contributed by atoms with Crippen LogP contribution in [-0.2, 0) is 10.0 Å². The van der Waals surface area contributed by atoms with E-state index >= 15 is 0 Å². The summed E-state index contributed by atoms with van der Waals surface area (Å²) in [5.41, 5.74) is 0.0298. The van der Waals surface area contributed by atoms with Gasteiger partial charge in [-0.15, -0.1) is 0 Å². The van der Waals surface area contributed by atoms with Crippen LogP contribution in [0.3, 0.4) is 0 Å². The van der Waals surface area contributed by atoms with Gasteiger partial charge in [-0.1, -0.05) is 12.1 Å². The highest BCUT2D eigenvalue weighted by Gasteiger charge is 2.41. The molecule has 0 radical (unpaired) electrons. The zero-order valence-corrected chi connectivity index (χ0v) is 19.4. The number of carboxylic acid groups (broad SMARTS) is 1. The number of aromatic hydroxyl groups is 1. The summed E-state index contributed by atoms with van der Waals surface area (Å²) in [4.78, 5) is 10.6. The third-order valence-electron chi connectivity index (χ3n) is 6.25. The summed E-state index contributed by atoms with van der Waals surface area (Å²) >= 11 is 0. The number of carbonyl (C=O) groups is 1. The van der Waals surface area contributed by atoms with Crippen LogP contribution in [0.2, 0.25) is 0 Å². The lowest BCUT2D eigenvalue weighted by Gasteiger charge is -2.30. The number of aromatic carboxylic acids is 1. The summed E-state index contributed by atoms with van der Waals surface area (Å²) in [6.45, 7) is 0. The molecule has 3 N–H and O–H groups in total. The van der Waals surface area contributed by atoms with Crippen LogP contribution >= 0.6 is 0 Å². The SMILES string of the molecule is O=C(O)c1cc(O)c(NS(=O)(=O)c2cnn(-c3ccc([C@H]4CC[C@H](C(F)(F)F)CC4)cc3)c2)cc1F. The summed E-state index contributed by atoms with van der Waals surface area (Å²) in [7, 11) is -4.31. The van der Waals surface area contributed by atoms with Gasteiger partial charge < -0.3 is 10.2 Å². The summed E-state index contributed by atoms with van der Waals surface area (Å²) in [6.07, 6.45) is -0.917. The molecule has 2 aromatic carbocycles. The molecular formula is C23H21F4N3O5S. The number of hydrogen-bond donors (Lipinski definition) is 3. The quantitative estimate of drug-likeness (QED) is 0.305. The second-order valence-electron chi connectivity index (χ2n) is 8.56. The summed E-state index contributed by atoms with van der Waals surface area (Å²) in [5, 5.41) is 22.8. The lowest BCUT2D eigenvalue weighted by atomic mass is 9.78. The maximum Gasteiger partial charge on any atom is 0.391 e. The molecule has 4 rings (SSSR count). The van der Waals surface area contributed by atoms with Gasteiger partial charge in [-0.3, -0.25) is 4.72 Å². The zero-order chi connectivity index (χ0) is 26.3. The zero-order valence-electron chi connectivity index (χ0n) is 18.5. The largest absolute Gasteiger partial charge is 0.506 e. The van der Waals surface area contributed by atoms with Gasteiger partial charge in [0.25, 0.3) is 10.0 Å². The third kappa shape index (κ3) is 5.30. The van der Waals surface area contributed by atoms with Gasteiger partial charge in [0.2, 0.25) is 0 Å². The number of phenolic OH excluding ortho intramolecular Hbond substituents is 1. The standard InChI is InChI=1S/C23H21F4N3O5S/c24-19-10-20(21(31)9-18(19)22(32)33)29-36(34,35)17-11-28-30(12-17)16-7-3-14(4-8-16)13-1-5-15(6-2-13)23(25,26)27/h3-4,7-13,15,29,31H,1-2,5-6H2,(H,32,33)/t13-,15-. The van der Waals surface area contributed by atoms with E-state index in [1.165, 1.54) is 10.9 Å². The molecule has 1 fully saturated rings. The molecule has 36 heavy (non-hydrogen) atoms. The van der Waals surface area contributed by atoms with Crippen LogP contribution in [0.25, 0.3) is 5.69 Å². The third-order valence-corrected chi connectivity index (χ3v) is 7.57. The Morgan fingerprint density at radius 2 is 1.72 bits per heavy atom. The minimum Gasteiger partial charge on any atom is -0.506 e. The minimum atomic E-state index is -4.31. The fourth-order valence-corrected chi connectivity index (χ4v) is 5.25. The van der Waals surface area contributed by atoms with Crippen molar-refractivity contribution in [3.63, 3.8) is 0 Å². The Morgan fingerprint density at radius 3 is 2.31 bits per heavy atom. The lowest BCUT2D eigenvalue weighted by molar-refractivity contribution is -0.182. The Balaban J connectivity index is 1.47. The van der Waals surface area contributed by atoms with E-state index in [4.69, 9.17) is 5.11 Å². The number of aromatic nitrogens is 2. The number of benzene rings is 2. The van der Waals surface area contributed by atoms with Crippen molar-refractivity contribution in [3.05, 3.63) is 65.7 Å². The van der Waals surface area contributed by atoms with E-state index in [1.54, 1.807) is 24.3 Å². The predicted molar refractivity (Wildman–Crippen MR) is 120 cm³/mol. The van der Waals surface area contributed by atoms with Crippen molar-refractivity contribution in [1.29, 1.82) is 0 Å². The van der Waals surface area contributed by atoms with Crippen LogP contribution in [0.1, 0.15) is 47.5 Å². The topological polar surface area (TPSA) is 122 Å². The average Bonchev–Trinajstić information content (AvgIpc) is 3.32. The average molecular weight is 527 g/mol. The van der Waals surface area contributed by atoms with E-state index in [9.17, 15) is 35.9 Å². The smallest absolute Gasteiger partial charge is 0.391 e. The summed E-state index contributed by atoms with van der Waals surface area (Å²) in [5.74, 6) is -4.89. The fourth-order valence-electron chi connectivity index (χ4n) is 4.25. The van der Waals surface area contributed by atoms with E-state index in [1.807, 2.05) is 4.72 Å². The van der Waals surface area contributed by atoms with E-state index < -0.39 is 50.9 Å². The second-order valence-corrected chi connectivity index (χ2v) is 10.2. The molecule has 13 heteroatoms. The maximum atomic E-state index is 13.9. The molecule has 1 aliphatic carbocycles. The molecule has 0 aliphatic heterocycles. The molecule has 1 saturated carbocycles. The van der Waals surface area contributed by atoms with E-state index in [0.717, 1.165) is 11.8 Å². The molecule has 0 amide bonds. The Labute approximate surface area is 203 Å². The normalized spacial score (nSPS) is 18.7. The predicted octanol–water partition coefficient (Wildman–Crippen LogP) is 5.05. The number of halogens is 4. The number of nitrogens with zero attached hydrogens (tertiary/aromatic N) is 2. The van der Waals surface area contributed by atoms with Gasteiger partial charge in [-0.25, -0.2) is 22.3 Å². The number of alkyl halides is 3. The molecule has 0 bridgehead atoms. The Hall–Kier alpha value is -3.61. The molecule has 1 aromatic heterocycles. The van der Waals surface area contributed by atoms with Crippen molar-refractivity contribution < 1.29 is 41.0 Å². The summed E-state index contributed by atoms with van der Waals surface area (Å²) < 4.78 is 81.3. The highest BCUT2D eigenvalue weighted by molar-refractivity contribution is 7.92. The van der Waals surface area contributed by atoms with Gasteiger partial charge in [0.05, 0.1) is 35.2 Å². The van der Waals surface area contributed by atoms with Crippen LogP contribution in [0.5, 0.6) is 5.75 Å². The van der Waals surface area contributed by atoms with Crippen molar-refractivity contribution in [1.82, 2.24) is 9.78 Å². The Bertz CT molecular complexity index is 1380. The molecule has 0 saturated heterocycles. The molecule has 1 heterocycles. The van der Waals surface area contributed by atoms with Gasteiger partial charge in [-0.05, 0) is 55.4 Å². The lowest BCUT2D eigenvalue weighted by Crippen LogP contribution is -2.27. The first-order valence-electron chi connectivity index (χ1n) is 10.9. The van der Waals surface area contributed by atoms with Crippen molar-refractivity contribution in [3.8, 4) is 11.4 Å². The molecule has 8 nitrogen and oxygen atoms in total. The molecule has 0 unspecified atom stereocenters. The van der Waals surface area contributed by atoms with Crippen LogP contribution in [0.4, 0.5) is 23.2 Å². The highest BCUT2D eigenvalue weighted by atomic mass is 32.2. The van der Waals surface area contributed by atoms with E-state index in [0.29, 0.717) is 30.7 Å². The van der Waals surface area contributed by atoms with Gasteiger partial charge in [0, 0.05) is 6.07 Å². The van der Waals surface area contributed by atoms with Crippen LogP contribution < -0.4 is 4.72 Å². The number of phenols is 1. The van der Waals surface area contributed by atoms with Crippen molar-refractivity contribution in [2.45, 2.75) is 42.7 Å². The van der Waals surface area contributed by atoms with Crippen LogP contribution in [0.15, 0.2) is 53.7 Å². The number of carboxylic acids is 1. The van der Waals surface area contributed by atoms with Gasteiger partial charge in [0.1, 0.15) is 16.5 Å². The Kier molecular flexibility index (Phi) is 6.69. The van der Waals surface area contributed by atoms with Gasteiger partial charge >= 0.3 is 12.1 Å². The number of nitrogens with one attached hydrogen (secondary N) is 1. The second kappa shape index (κ2) is 9.45. The van der Waals surface area contributed by atoms with Gasteiger partial charge in [0.15, 0.2) is 0 Å². The van der Waals surface area contributed by atoms with Crippen molar-refractivity contribution >= 4 is 21.7 Å². The first kappa shape index (κ1) is 25.5. The van der Waals surface area contributed by atoms with Crippen molar-refractivity contribution in [2.75, 3.05) is 4.72 Å². The molecule has 3 aromatic rings. The van der Waals surface area contributed by atoms with E-state index in [2.05, 4.69) is 5.10 Å². The molecule has 0 spiro atoms. The van der Waals surface area contributed by atoms with Gasteiger partial charge in [-0.2, -0.15) is 18.3 Å². The van der Waals surface area contributed by atoms with Crippen molar-refractivity contribution in [2.24, 2.45) is 5.92 Å². The monoisotopic (exact) mass is 527 g/mol. The Morgan fingerprint density at radius 1 is 1.08 bits per heavy atom. The summed E-state index contributed by atoms with van der Waals surface area (Å²) in [6, 6.07) is 8.04. The molecule has 1 aliphatic rings. The number of anilines is 1. The fraction of sp³-hybridized carbons (Fsp3) is 0.304. The number of hydrogen-bond acceptors (Lipinski definition) is 5. The van der Waals surface area contributed by atoms with Crippen LogP contribution in [0, 0.1) is 11.7 Å². The van der Waals surface area contributed by atoms with E-state index in [-0.39, 0.29) is 23.7 Å². The first-order chi connectivity index (χ1) is 16.8. The molecular weight excluding hydrogens is 506 g/mol. The maximum absolute atomic E-state index is 13.9.